The highest BCUT2D eigenvalue weighted by Gasteiger charge is 2.29. The number of hydrogen-bond acceptors (Lipinski definition) is 2. The highest BCUT2D eigenvalue weighted by molar-refractivity contribution is 5.96. The average molecular weight is 260 g/mol. The van der Waals surface area contributed by atoms with Crippen molar-refractivity contribution in [3.05, 3.63) is 23.8 Å². The van der Waals surface area contributed by atoms with Crippen LogP contribution < -0.4 is 10.6 Å². The van der Waals surface area contributed by atoms with Gasteiger partial charge in [-0.15, -0.1) is 0 Å². The number of rotatable bonds is 2. The van der Waals surface area contributed by atoms with Gasteiger partial charge in [0.15, 0.2) is 0 Å². The van der Waals surface area contributed by atoms with Crippen LogP contribution in [0.2, 0.25) is 0 Å². The normalized spacial score (nSPS) is 16.3. The fourth-order valence-electron chi connectivity index (χ4n) is 2.40. The van der Waals surface area contributed by atoms with E-state index in [1.807, 2.05) is 23.1 Å². The second kappa shape index (κ2) is 4.87. The van der Waals surface area contributed by atoms with Gasteiger partial charge >= 0.3 is 0 Å². The maximum atomic E-state index is 12.5. The van der Waals surface area contributed by atoms with Crippen molar-refractivity contribution in [2.75, 3.05) is 17.2 Å². The molecule has 104 valence electrons. The molecule has 19 heavy (non-hydrogen) atoms. The van der Waals surface area contributed by atoms with Crippen molar-refractivity contribution in [3.63, 3.8) is 0 Å². The molecular formula is C16H24N2O. The number of carbonyl (C=O) groups excluding carboxylic acids is 1. The number of amides is 1. The zero-order chi connectivity index (χ0) is 14.2. The first-order valence-electron chi connectivity index (χ1n) is 6.98. The van der Waals surface area contributed by atoms with Crippen molar-refractivity contribution in [1.29, 1.82) is 0 Å². The third-order valence-corrected chi connectivity index (χ3v) is 4.32. The van der Waals surface area contributed by atoms with Crippen LogP contribution in [0.5, 0.6) is 0 Å². The lowest BCUT2D eigenvalue weighted by Gasteiger charge is -2.28. The van der Waals surface area contributed by atoms with E-state index in [2.05, 4.69) is 27.7 Å². The lowest BCUT2D eigenvalue weighted by molar-refractivity contribution is -0.120. The highest BCUT2D eigenvalue weighted by atomic mass is 16.2. The molecule has 0 aromatic heterocycles. The molecule has 2 N–H and O–H groups in total. The summed E-state index contributed by atoms with van der Waals surface area (Å²) in [4.78, 5) is 14.4. The molecule has 3 heteroatoms. The SMILES string of the molecule is CC(CC(=O)N1CCc2c(N)cccc21)C(C)(C)C. The van der Waals surface area contributed by atoms with E-state index in [4.69, 9.17) is 5.73 Å². The zero-order valence-electron chi connectivity index (χ0n) is 12.4. The van der Waals surface area contributed by atoms with Crippen LogP contribution in [-0.4, -0.2) is 12.5 Å². The molecule has 0 saturated carbocycles. The van der Waals surface area contributed by atoms with Crippen molar-refractivity contribution < 1.29 is 4.79 Å². The van der Waals surface area contributed by atoms with Crippen LogP contribution in [0.15, 0.2) is 18.2 Å². The smallest absolute Gasteiger partial charge is 0.227 e. The highest BCUT2D eigenvalue weighted by Crippen LogP contribution is 2.34. The standard InChI is InChI=1S/C16H24N2O/c1-11(16(2,3)4)10-15(19)18-9-8-12-13(17)6-5-7-14(12)18/h5-7,11H,8-10,17H2,1-4H3. The predicted molar refractivity (Wildman–Crippen MR) is 80.1 cm³/mol. The summed E-state index contributed by atoms with van der Waals surface area (Å²) in [6, 6.07) is 5.83. The van der Waals surface area contributed by atoms with Crippen molar-refractivity contribution in [3.8, 4) is 0 Å². The number of nitrogen functional groups attached to an aromatic ring is 1. The number of fused-ring (bicyclic) bond motifs is 1. The van der Waals surface area contributed by atoms with Gasteiger partial charge < -0.3 is 10.6 Å². The van der Waals surface area contributed by atoms with E-state index in [9.17, 15) is 4.79 Å². The van der Waals surface area contributed by atoms with E-state index in [1.165, 1.54) is 0 Å². The minimum atomic E-state index is 0.161. The van der Waals surface area contributed by atoms with Crippen LogP contribution in [0.4, 0.5) is 11.4 Å². The van der Waals surface area contributed by atoms with Gasteiger partial charge in [0, 0.05) is 29.9 Å². The van der Waals surface area contributed by atoms with E-state index < -0.39 is 0 Å². The summed E-state index contributed by atoms with van der Waals surface area (Å²) in [5.41, 5.74) is 9.06. The predicted octanol–water partition coefficient (Wildman–Crippen LogP) is 3.23. The summed E-state index contributed by atoms with van der Waals surface area (Å²) in [7, 11) is 0. The summed E-state index contributed by atoms with van der Waals surface area (Å²) in [6.07, 6.45) is 1.47. The van der Waals surface area contributed by atoms with E-state index in [1.54, 1.807) is 0 Å². The Bertz CT molecular complexity index is 488. The molecule has 0 fully saturated rings. The molecule has 0 bridgehead atoms. The number of nitrogens with two attached hydrogens (primary N) is 1. The van der Waals surface area contributed by atoms with Crippen molar-refractivity contribution in [2.45, 2.75) is 40.5 Å². The molecule has 0 spiro atoms. The molecular weight excluding hydrogens is 236 g/mol. The molecule has 0 aliphatic carbocycles. The summed E-state index contributed by atoms with van der Waals surface area (Å²) >= 11 is 0. The Morgan fingerprint density at radius 3 is 2.74 bits per heavy atom. The van der Waals surface area contributed by atoms with Gasteiger partial charge in [-0.2, -0.15) is 0 Å². The van der Waals surface area contributed by atoms with Crippen LogP contribution in [0.25, 0.3) is 0 Å². The van der Waals surface area contributed by atoms with Crippen molar-refractivity contribution >= 4 is 17.3 Å². The van der Waals surface area contributed by atoms with Gasteiger partial charge in [-0.3, -0.25) is 4.79 Å². The van der Waals surface area contributed by atoms with Crippen LogP contribution in [-0.2, 0) is 11.2 Å². The van der Waals surface area contributed by atoms with Gasteiger partial charge in [0.1, 0.15) is 0 Å². The minimum absolute atomic E-state index is 0.161. The van der Waals surface area contributed by atoms with Gasteiger partial charge in [-0.25, -0.2) is 0 Å². The Balaban J connectivity index is 2.14. The Labute approximate surface area is 115 Å². The lowest BCUT2D eigenvalue weighted by Crippen LogP contribution is -2.32. The van der Waals surface area contributed by atoms with E-state index >= 15 is 0 Å². The van der Waals surface area contributed by atoms with Crippen LogP contribution in [0.3, 0.4) is 0 Å². The van der Waals surface area contributed by atoms with Gasteiger partial charge in [0.25, 0.3) is 0 Å². The molecule has 2 rings (SSSR count). The molecule has 1 aromatic rings. The van der Waals surface area contributed by atoms with Crippen LogP contribution in [0, 0.1) is 11.3 Å². The molecule has 1 aliphatic heterocycles. The maximum Gasteiger partial charge on any atom is 0.227 e. The van der Waals surface area contributed by atoms with Gasteiger partial charge in [0.05, 0.1) is 0 Å². The second-order valence-corrected chi connectivity index (χ2v) is 6.61. The summed E-state index contributed by atoms with van der Waals surface area (Å²) in [5.74, 6) is 0.580. The molecule has 3 nitrogen and oxygen atoms in total. The third-order valence-electron chi connectivity index (χ3n) is 4.32. The second-order valence-electron chi connectivity index (χ2n) is 6.61. The van der Waals surface area contributed by atoms with Crippen LogP contribution >= 0.6 is 0 Å². The average Bonchev–Trinajstić information content (AvgIpc) is 2.72. The number of benzene rings is 1. The van der Waals surface area contributed by atoms with Gasteiger partial charge in [0.2, 0.25) is 5.91 Å². The topological polar surface area (TPSA) is 46.3 Å². The van der Waals surface area contributed by atoms with E-state index in [0.717, 1.165) is 29.9 Å². The van der Waals surface area contributed by atoms with Crippen molar-refractivity contribution in [2.24, 2.45) is 11.3 Å². The molecule has 0 radical (unpaired) electrons. The minimum Gasteiger partial charge on any atom is -0.398 e. The number of anilines is 2. The molecule has 1 atom stereocenters. The fourth-order valence-corrected chi connectivity index (χ4v) is 2.40. The monoisotopic (exact) mass is 260 g/mol. The van der Waals surface area contributed by atoms with E-state index in [0.29, 0.717) is 12.3 Å². The number of hydrogen-bond donors (Lipinski definition) is 1. The molecule has 1 amide bonds. The van der Waals surface area contributed by atoms with Gasteiger partial charge in [-0.05, 0) is 29.9 Å². The summed E-state index contributed by atoms with van der Waals surface area (Å²) in [5, 5.41) is 0. The largest absolute Gasteiger partial charge is 0.398 e. The molecule has 0 saturated heterocycles. The quantitative estimate of drug-likeness (QED) is 0.830. The third kappa shape index (κ3) is 2.75. The zero-order valence-corrected chi connectivity index (χ0v) is 12.4. The molecule has 1 heterocycles. The summed E-state index contributed by atoms with van der Waals surface area (Å²) < 4.78 is 0. The Morgan fingerprint density at radius 2 is 2.11 bits per heavy atom. The number of nitrogens with zero attached hydrogens (tertiary/aromatic N) is 1. The number of carbonyl (C=O) groups is 1. The first kappa shape index (κ1) is 13.9. The Morgan fingerprint density at radius 1 is 1.42 bits per heavy atom. The maximum absolute atomic E-state index is 12.5. The van der Waals surface area contributed by atoms with Gasteiger partial charge in [-0.1, -0.05) is 33.8 Å². The fraction of sp³-hybridized carbons (Fsp3) is 0.562. The van der Waals surface area contributed by atoms with E-state index in [-0.39, 0.29) is 11.3 Å². The summed E-state index contributed by atoms with van der Waals surface area (Å²) in [6.45, 7) is 9.45. The molecule has 1 aliphatic rings. The lowest BCUT2D eigenvalue weighted by atomic mass is 9.80. The Kier molecular flexibility index (Phi) is 3.57. The first-order chi connectivity index (χ1) is 8.80. The Hall–Kier alpha value is -1.51. The van der Waals surface area contributed by atoms with Crippen LogP contribution in [0.1, 0.15) is 39.7 Å². The molecule has 1 unspecified atom stereocenters. The first-order valence-corrected chi connectivity index (χ1v) is 6.98. The van der Waals surface area contributed by atoms with Crippen molar-refractivity contribution in [1.82, 2.24) is 0 Å². The molecule has 1 aromatic carbocycles.